The molecule has 3 rings (SSSR count). The van der Waals surface area contributed by atoms with Gasteiger partial charge in [-0.15, -0.1) is 0 Å². The van der Waals surface area contributed by atoms with Gasteiger partial charge in [0.2, 0.25) is 0 Å². The summed E-state index contributed by atoms with van der Waals surface area (Å²) < 4.78 is 4.83. The van der Waals surface area contributed by atoms with Crippen LogP contribution in [0.2, 0.25) is 0 Å². The van der Waals surface area contributed by atoms with E-state index in [1.165, 1.54) is 31.1 Å². The first-order chi connectivity index (χ1) is 13.9. The average Bonchev–Trinajstić information content (AvgIpc) is 3.16. The Bertz CT molecular complexity index is 888. The van der Waals surface area contributed by atoms with E-state index in [0.29, 0.717) is 10.7 Å². The van der Waals surface area contributed by atoms with Crippen molar-refractivity contribution >= 4 is 29.0 Å². The zero-order valence-corrected chi connectivity index (χ0v) is 18.3. The molecule has 1 aliphatic carbocycles. The number of anilines is 1. The third-order valence-corrected chi connectivity index (χ3v) is 6.03. The molecule has 1 saturated carbocycles. The van der Waals surface area contributed by atoms with Gasteiger partial charge in [0.05, 0.1) is 12.7 Å². The van der Waals surface area contributed by atoms with E-state index < -0.39 is 0 Å². The second-order valence-electron chi connectivity index (χ2n) is 8.08. The number of methoxy groups -OCH3 is 1. The number of hydrogen-bond acceptors (Lipinski definition) is 3. The molecule has 1 fully saturated rings. The van der Waals surface area contributed by atoms with Crippen LogP contribution < -0.4 is 10.6 Å². The number of ether oxygens (including phenoxy) is 1. The van der Waals surface area contributed by atoms with Crippen LogP contribution in [-0.2, 0) is 11.2 Å². The summed E-state index contributed by atoms with van der Waals surface area (Å²) in [6.07, 6.45) is 6.79. The van der Waals surface area contributed by atoms with Gasteiger partial charge in [-0.25, -0.2) is 4.79 Å². The standard InChI is InChI=1S/C24H30N2O2S/c1-17-7-6-8-19(15-17)11-14-24(12-4-5-13-24)26-23(29)25-21-16-20(22(27)28-3)10-9-18(21)2/h6-10,15-16H,4-5,11-14H2,1-3H3,(H2,25,26,29). The lowest BCUT2D eigenvalue weighted by molar-refractivity contribution is 0.0601. The summed E-state index contributed by atoms with van der Waals surface area (Å²) in [6.45, 7) is 4.13. The number of aryl methyl sites for hydroxylation is 3. The third-order valence-electron chi connectivity index (χ3n) is 5.82. The van der Waals surface area contributed by atoms with E-state index in [0.717, 1.165) is 36.9 Å². The number of carbonyl (C=O) groups is 1. The minimum Gasteiger partial charge on any atom is -0.465 e. The summed E-state index contributed by atoms with van der Waals surface area (Å²) in [6, 6.07) is 14.2. The molecule has 0 aliphatic heterocycles. The van der Waals surface area contributed by atoms with Gasteiger partial charge in [0, 0.05) is 11.2 Å². The Kier molecular flexibility index (Phi) is 6.91. The minimum atomic E-state index is -0.350. The normalized spacial score (nSPS) is 15.0. The SMILES string of the molecule is COC(=O)c1ccc(C)c(NC(=S)NC2(CCc3cccc(C)c3)CCCC2)c1. The first kappa shape index (κ1) is 21.3. The first-order valence-electron chi connectivity index (χ1n) is 10.2. The molecule has 2 aromatic carbocycles. The summed E-state index contributed by atoms with van der Waals surface area (Å²) in [5.41, 5.74) is 5.08. The fraction of sp³-hybridized carbons (Fsp3) is 0.417. The Morgan fingerprint density at radius 1 is 1.14 bits per heavy atom. The summed E-state index contributed by atoms with van der Waals surface area (Å²) in [7, 11) is 1.39. The van der Waals surface area contributed by atoms with E-state index in [4.69, 9.17) is 17.0 Å². The maximum absolute atomic E-state index is 11.8. The monoisotopic (exact) mass is 410 g/mol. The molecule has 0 unspecified atom stereocenters. The second-order valence-corrected chi connectivity index (χ2v) is 8.49. The fourth-order valence-corrected chi connectivity index (χ4v) is 4.46. The molecule has 154 valence electrons. The molecule has 0 bridgehead atoms. The highest BCUT2D eigenvalue weighted by Crippen LogP contribution is 2.34. The number of carbonyl (C=O) groups excluding carboxylic acids is 1. The Balaban J connectivity index is 1.67. The number of thiocarbonyl (C=S) groups is 1. The number of benzene rings is 2. The lowest BCUT2D eigenvalue weighted by atomic mass is 9.89. The highest BCUT2D eigenvalue weighted by Gasteiger charge is 2.34. The molecule has 0 atom stereocenters. The lowest BCUT2D eigenvalue weighted by Crippen LogP contribution is -2.48. The Labute approximate surface area is 179 Å². The highest BCUT2D eigenvalue weighted by molar-refractivity contribution is 7.80. The summed E-state index contributed by atoms with van der Waals surface area (Å²) in [5, 5.41) is 7.53. The quantitative estimate of drug-likeness (QED) is 0.498. The molecule has 4 nitrogen and oxygen atoms in total. The Hall–Kier alpha value is -2.40. The maximum Gasteiger partial charge on any atom is 0.337 e. The molecule has 5 heteroatoms. The summed E-state index contributed by atoms with van der Waals surface area (Å²) >= 11 is 5.65. The highest BCUT2D eigenvalue weighted by atomic mass is 32.1. The maximum atomic E-state index is 11.8. The molecule has 1 aliphatic rings. The average molecular weight is 411 g/mol. The fourth-order valence-electron chi connectivity index (χ4n) is 4.14. The van der Waals surface area contributed by atoms with Crippen LogP contribution in [0.4, 0.5) is 5.69 Å². The van der Waals surface area contributed by atoms with Crippen LogP contribution in [0, 0.1) is 13.8 Å². The van der Waals surface area contributed by atoms with E-state index in [-0.39, 0.29) is 11.5 Å². The van der Waals surface area contributed by atoms with Crippen molar-refractivity contribution in [2.75, 3.05) is 12.4 Å². The van der Waals surface area contributed by atoms with Gasteiger partial charge in [0.1, 0.15) is 0 Å². The van der Waals surface area contributed by atoms with Crippen LogP contribution in [0.1, 0.15) is 59.2 Å². The lowest BCUT2D eigenvalue weighted by Gasteiger charge is -2.32. The Morgan fingerprint density at radius 3 is 2.59 bits per heavy atom. The molecule has 0 spiro atoms. The van der Waals surface area contributed by atoms with Crippen LogP contribution in [0.5, 0.6) is 0 Å². The number of hydrogen-bond donors (Lipinski definition) is 2. The van der Waals surface area contributed by atoms with Crippen molar-refractivity contribution in [2.45, 2.75) is 57.9 Å². The van der Waals surface area contributed by atoms with Crippen LogP contribution >= 0.6 is 12.2 Å². The van der Waals surface area contributed by atoms with Crippen molar-refractivity contribution in [1.29, 1.82) is 0 Å². The molecule has 0 saturated heterocycles. The molecular weight excluding hydrogens is 380 g/mol. The van der Waals surface area contributed by atoms with Gasteiger partial charge in [-0.05, 0) is 75.0 Å². The molecule has 0 heterocycles. The number of esters is 1. The molecule has 29 heavy (non-hydrogen) atoms. The van der Waals surface area contributed by atoms with E-state index >= 15 is 0 Å². The predicted octanol–water partition coefficient (Wildman–Crippen LogP) is 5.32. The van der Waals surface area contributed by atoms with Gasteiger partial charge in [0.25, 0.3) is 0 Å². The van der Waals surface area contributed by atoms with E-state index in [2.05, 4.69) is 41.8 Å². The van der Waals surface area contributed by atoms with E-state index in [9.17, 15) is 4.79 Å². The van der Waals surface area contributed by atoms with Crippen molar-refractivity contribution in [1.82, 2.24) is 5.32 Å². The van der Waals surface area contributed by atoms with Crippen molar-refractivity contribution < 1.29 is 9.53 Å². The molecule has 0 aromatic heterocycles. The van der Waals surface area contributed by atoms with Gasteiger partial charge < -0.3 is 15.4 Å². The van der Waals surface area contributed by atoms with Crippen molar-refractivity contribution in [3.05, 3.63) is 64.7 Å². The molecule has 0 radical (unpaired) electrons. The van der Waals surface area contributed by atoms with Gasteiger partial charge in [-0.3, -0.25) is 0 Å². The topological polar surface area (TPSA) is 50.4 Å². The molecular formula is C24H30N2O2S. The minimum absolute atomic E-state index is 0.0295. The van der Waals surface area contributed by atoms with Crippen molar-refractivity contribution in [2.24, 2.45) is 0 Å². The Morgan fingerprint density at radius 2 is 1.90 bits per heavy atom. The zero-order chi connectivity index (χ0) is 20.9. The zero-order valence-electron chi connectivity index (χ0n) is 17.5. The van der Waals surface area contributed by atoms with E-state index in [1.807, 2.05) is 13.0 Å². The van der Waals surface area contributed by atoms with Gasteiger partial charge in [-0.2, -0.15) is 0 Å². The summed E-state index contributed by atoms with van der Waals surface area (Å²) in [4.78, 5) is 11.8. The van der Waals surface area contributed by atoms with Crippen LogP contribution in [0.25, 0.3) is 0 Å². The van der Waals surface area contributed by atoms with Crippen LogP contribution in [0.3, 0.4) is 0 Å². The van der Waals surface area contributed by atoms with Crippen LogP contribution in [0.15, 0.2) is 42.5 Å². The number of rotatable bonds is 6. The van der Waals surface area contributed by atoms with Gasteiger partial charge in [-0.1, -0.05) is 48.7 Å². The van der Waals surface area contributed by atoms with Crippen LogP contribution in [-0.4, -0.2) is 23.7 Å². The first-order valence-corrected chi connectivity index (χ1v) is 10.7. The largest absolute Gasteiger partial charge is 0.465 e. The van der Waals surface area contributed by atoms with Gasteiger partial charge >= 0.3 is 5.97 Å². The smallest absolute Gasteiger partial charge is 0.337 e. The summed E-state index contributed by atoms with van der Waals surface area (Å²) in [5.74, 6) is -0.350. The second kappa shape index (κ2) is 9.40. The van der Waals surface area contributed by atoms with Gasteiger partial charge in [0.15, 0.2) is 5.11 Å². The molecule has 2 N–H and O–H groups in total. The third kappa shape index (κ3) is 5.57. The van der Waals surface area contributed by atoms with Crippen molar-refractivity contribution in [3.63, 3.8) is 0 Å². The predicted molar refractivity (Wildman–Crippen MR) is 123 cm³/mol. The van der Waals surface area contributed by atoms with E-state index in [1.54, 1.807) is 12.1 Å². The molecule has 2 aromatic rings. The number of nitrogens with one attached hydrogen (secondary N) is 2. The molecule has 0 amide bonds. The van der Waals surface area contributed by atoms with Crippen molar-refractivity contribution in [3.8, 4) is 0 Å².